The summed E-state index contributed by atoms with van der Waals surface area (Å²) in [5, 5.41) is 0. The van der Waals surface area contributed by atoms with Gasteiger partial charge in [0, 0.05) is 6.04 Å². The topological polar surface area (TPSA) is 29.1 Å². The molecule has 2 atom stereocenters. The van der Waals surface area contributed by atoms with Crippen molar-refractivity contribution in [3.63, 3.8) is 0 Å². The van der Waals surface area contributed by atoms with E-state index in [0.717, 1.165) is 6.07 Å². The lowest BCUT2D eigenvalue weighted by Crippen LogP contribution is -2.34. The molecule has 0 aliphatic carbocycles. The molecule has 1 aromatic rings. The second kappa shape index (κ2) is 4.66. The third-order valence-corrected chi connectivity index (χ3v) is 5.47. The van der Waals surface area contributed by atoms with Crippen molar-refractivity contribution < 1.29 is 23.6 Å². The highest BCUT2D eigenvalue weighted by molar-refractivity contribution is 8.45. The molecular weight excluding hydrogens is 333 g/mol. The van der Waals surface area contributed by atoms with Crippen LogP contribution in [0.3, 0.4) is 0 Å². The van der Waals surface area contributed by atoms with Crippen molar-refractivity contribution in [2.24, 2.45) is 0 Å². The SMILES string of the molecule is C[C@@H](N[S@@](=O)C(C)(C)C)c1cccc(S(F)(F)(F)(F)F)c1. The third kappa shape index (κ3) is 5.23. The summed E-state index contributed by atoms with van der Waals surface area (Å²) < 4.78 is 77.7. The third-order valence-electron chi connectivity index (χ3n) is 2.64. The normalized spacial score (nSPS) is 19.5. The van der Waals surface area contributed by atoms with E-state index in [0.29, 0.717) is 12.1 Å². The van der Waals surface area contributed by atoms with Crippen LogP contribution in [-0.4, -0.2) is 8.96 Å². The molecule has 0 aliphatic heterocycles. The lowest BCUT2D eigenvalue weighted by atomic mass is 10.1. The first-order valence-electron chi connectivity index (χ1n) is 6.03. The second-order valence-corrected chi connectivity index (χ2v) is 10.2. The Morgan fingerprint density at radius 1 is 1.14 bits per heavy atom. The smallest absolute Gasteiger partial charge is 0.242 e. The van der Waals surface area contributed by atoms with Crippen LogP contribution in [0, 0.1) is 0 Å². The summed E-state index contributed by atoms with van der Waals surface area (Å²) in [5.74, 6) is 0. The minimum absolute atomic E-state index is 0.00153. The summed E-state index contributed by atoms with van der Waals surface area (Å²) in [7, 11) is -11.2. The van der Waals surface area contributed by atoms with Gasteiger partial charge in [-0.2, -0.15) is 0 Å². The van der Waals surface area contributed by atoms with Crippen LogP contribution in [0.5, 0.6) is 0 Å². The van der Waals surface area contributed by atoms with Gasteiger partial charge >= 0.3 is 10.2 Å². The first kappa shape index (κ1) is 18.4. The van der Waals surface area contributed by atoms with Gasteiger partial charge < -0.3 is 0 Å². The van der Waals surface area contributed by atoms with Crippen LogP contribution in [0.15, 0.2) is 29.2 Å². The zero-order valence-electron chi connectivity index (χ0n) is 12.0. The van der Waals surface area contributed by atoms with Crippen molar-refractivity contribution in [1.29, 1.82) is 0 Å². The van der Waals surface area contributed by atoms with Gasteiger partial charge in [-0.15, -0.1) is 0 Å². The molecule has 0 unspecified atom stereocenters. The maximum Gasteiger partial charge on any atom is 0.310 e. The van der Waals surface area contributed by atoms with Gasteiger partial charge in [0.25, 0.3) is 0 Å². The van der Waals surface area contributed by atoms with E-state index in [1.54, 1.807) is 20.8 Å². The summed E-state index contributed by atoms with van der Waals surface area (Å²) in [6, 6.07) is 2.19. The molecule has 0 spiro atoms. The standard InChI is InChI=1S/C12H18F5NOS2/c1-9(18-20(19)12(2,3)4)10-6-5-7-11(8-10)21(13,14,15,16)17/h5-9,18H,1-4H3/t9-,20+/m1/s1. The number of rotatable bonds is 4. The zero-order chi connectivity index (χ0) is 16.8. The molecular formula is C12H18F5NOS2. The molecule has 0 aromatic heterocycles. The Hall–Kier alpha value is -0.670. The molecule has 9 heteroatoms. The lowest BCUT2D eigenvalue weighted by molar-refractivity contribution is 0.363. The van der Waals surface area contributed by atoms with E-state index in [1.807, 2.05) is 0 Å². The first-order valence-corrected chi connectivity index (χ1v) is 9.13. The number of nitrogens with one attached hydrogen (secondary N) is 1. The molecule has 0 aliphatic rings. The first-order chi connectivity index (χ1) is 9.00. The van der Waals surface area contributed by atoms with Gasteiger partial charge in [0.15, 0.2) is 0 Å². The van der Waals surface area contributed by atoms with Crippen molar-refractivity contribution in [3.05, 3.63) is 29.8 Å². The minimum atomic E-state index is -9.70. The molecule has 0 fully saturated rings. The zero-order valence-corrected chi connectivity index (χ0v) is 13.6. The lowest BCUT2D eigenvalue weighted by Gasteiger charge is -2.40. The van der Waals surface area contributed by atoms with Gasteiger partial charge in [0.1, 0.15) is 4.90 Å². The minimum Gasteiger partial charge on any atom is -0.242 e. The monoisotopic (exact) mass is 351 g/mol. The molecule has 0 radical (unpaired) electrons. The van der Waals surface area contributed by atoms with Crippen LogP contribution in [0.1, 0.15) is 39.3 Å². The molecule has 1 N–H and O–H groups in total. The van der Waals surface area contributed by atoms with E-state index < -0.39 is 36.9 Å². The average Bonchev–Trinajstić information content (AvgIpc) is 2.24. The Morgan fingerprint density at radius 2 is 1.67 bits per heavy atom. The van der Waals surface area contributed by atoms with Gasteiger partial charge in [-0.1, -0.05) is 31.6 Å². The summed E-state index contributed by atoms with van der Waals surface area (Å²) in [6.07, 6.45) is 0. The van der Waals surface area contributed by atoms with Crippen molar-refractivity contribution in [3.8, 4) is 0 Å². The largest absolute Gasteiger partial charge is 0.310 e. The fourth-order valence-corrected chi connectivity index (χ4v) is 2.93. The molecule has 0 heterocycles. The van der Waals surface area contributed by atoms with Crippen molar-refractivity contribution >= 4 is 21.2 Å². The van der Waals surface area contributed by atoms with E-state index in [9.17, 15) is 23.6 Å². The van der Waals surface area contributed by atoms with Crippen LogP contribution in [-0.2, 0) is 11.0 Å². The maximum atomic E-state index is 12.8. The number of hydrogen-bond donors (Lipinski definition) is 1. The van der Waals surface area contributed by atoms with E-state index in [1.165, 1.54) is 13.0 Å². The van der Waals surface area contributed by atoms with Crippen LogP contribution in [0.25, 0.3) is 0 Å². The average molecular weight is 351 g/mol. The number of halogens is 5. The van der Waals surface area contributed by atoms with Gasteiger partial charge in [-0.05, 0) is 45.4 Å². The summed E-state index contributed by atoms with van der Waals surface area (Å²) >= 11 is 0. The molecule has 1 aromatic carbocycles. The Kier molecular flexibility index (Phi) is 4.08. The van der Waals surface area contributed by atoms with Crippen LogP contribution >= 0.6 is 10.2 Å². The van der Waals surface area contributed by atoms with Gasteiger partial charge in [-0.3, -0.25) is 0 Å². The molecule has 0 saturated heterocycles. The van der Waals surface area contributed by atoms with Gasteiger partial charge in [0.2, 0.25) is 0 Å². The highest BCUT2D eigenvalue weighted by Crippen LogP contribution is 3.02. The molecule has 2 nitrogen and oxygen atoms in total. The van der Waals surface area contributed by atoms with Crippen molar-refractivity contribution in [2.45, 2.75) is 43.4 Å². The Bertz CT molecular complexity index is 565. The molecule has 124 valence electrons. The summed E-state index contributed by atoms with van der Waals surface area (Å²) in [5.41, 5.74) is -0.00153. The fourth-order valence-electron chi connectivity index (χ4n) is 1.43. The Balaban J connectivity index is 3.11. The highest BCUT2D eigenvalue weighted by atomic mass is 32.5. The van der Waals surface area contributed by atoms with E-state index in [2.05, 4.69) is 4.72 Å². The van der Waals surface area contributed by atoms with Crippen LogP contribution < -0.4 is 4.72 Å². The van der Waals surface area contributed by atoms with E-state index >= 15 is 0 Å². The Morgan fingerprint density at radius 3 is 2.10 bits per heavy atom. The van der Waals surface area contributed by atoms with Crippen LogP contribution in [0.4, 0.5) is 19.4 Å². The molecule has 21 heavy (non-hydrogen) atoms. The van der Waals surface area contributed by atoms with E-state index in [4.69, 9.17) is 0 Å². The molecule has 0 amide bonds. The fraction of sp³-hybridized carbons (Fsp3) is 0.500. The maximum absolute atomic E-state index is 12.8. The van der Waals surface area contributed by atoms with Gasteiger partial charge in [0.05, 0.1) is 15.7 Å². The van der Waals surface area contributed by atoms with Crippen molar-refractivity contribution in [2.75, 3.05) is 0 Å². The van der Waals surface area contributed by atoms with Crippen molar-refractivity contribution in [1.82, 2.24) is 4.72 Å². The van der Waals surface area contributed by atoms with Gasteiger partial charge in [-0.25, -0.2) is 8.93 Å². The summed E-state index contributed by atoms with van der Waals surface area (Å²) in [6.45, 7) is 6.53. The van der Waals surface area contributed by atoms with Crippen LogP contribution in [0.2, 0.25) is 0 Å². The predicted octanol–water partition coefficient (Wildman–Crippen LogP) is 5.46. The number of benzene rings is 1. The van der Waals surface area contributed by atoms with E-state index in [-0.39, 0.29) is 5.56 Å². The number of hydrogen-bond acceptors (Lipinski definition) is 1. The highest BCUT2D eigenvalue weighted by Gasteiger charge is 2.65. The predicted molar refractivity (Wildman–Crippen MR) is 77.3 cm³/mol. The molecule has 0 bridgehead atoms. The summed E-state index contributed by atoms with van der Waals surface area (Å²) in [4.78, 5) is -1.94. The quantitative estimate of drug-likeness (QED) is 0.717. The Labute approximate surface area is 123 Å². The second-order valence-electron chi connectivity index (χ2n) is 5.76. The molecule has 0 saturated carbocycles. The molecule has 1 rings (SSSR count).